The second-order valence-electron chi connectivity index (χ2n) is 4.83. The Balaban J connectivity index is 2.27. The smallest absolute Gasteiger partial charge is 0.249 e. The van der Waals surface area contributed by atoms with Crippen molar-refractivity contribution in [2.45, 2.75) is 44.5 Å². The van der Waals surface area contributed by atoms with Gasteiger partial charge >= 0.3 is 0 Å². The van der Waals surface area contributed by atoms with Crippen LogP contribution in [0.1, 0.15) is 19.0 Å². The minimum atomic E-state index is -1.51. The lowest BCUT2D eigenvalue weighted by Crippen LogP contribution is -2.56. The highest BCUT2D eigenvalue weighted by Crippen LogP contribution is 2.28. The summed E-state index contributed by atoms with van der Waals surface area (Å²) in [5.74, 6) is -0.0130. The monoisotopic (exact) mass is 302 g/mol. The van der Waals surface area contributed by atoms with E-state index in [1.165, 1.54) is 11.6 Å². The van der Waals surface area contributed by atoms with Crippen LogP contribution in [0.4, 0.5) is 5.95 Å². The summed E-state index contributed by atoms with van der Waals surface area (Å²) < 4.78 is 6.53. The molecule has 2 heterocycles. The number of aryl methyl sites for hydroxylation is 1. The minimum Gasteiger partial charge on any atom is -0.394 e. The predicted molar refractivity (Wildman–Crippen MR) is 68.1 cm³/mol. The number of amides is 1. The molecule has 0 aromatic carbocycles. The Morgan fingerprint density at radius 2 is 2.00 bits per heavy atom. The average molecular weight is 302 g/mol. The zero-order valence-electron chi connectivity index (χ0n) is 11.5. The molecule has 0 aliphatic carbocycles. The molecule has 21 heavy (non-hydrogen) atoms. The molecular formula is C11H18N4O6. The van der Waals surface area contributed by atoms with Crippen molar-refractivity contribution in [3.63, 3.8) is 0 Å². The van der Waals surface area contributed by atoms with Gasteiger partial charge in [-0.2, -0.15) is 4.98 Å². The number of aromatic nitrogens is 3. The molecule has 1 aliphatic rings. The fourth-order valence-corrected chi connectivity index (χ4v) is 2.14. The quantitative estimate of drug-likeness (QED) is 0.412. The third kappa shape index (κ3) is 3.04. The largest absolute Gasteiger partial charge is 0.394 e. The summed E-state index contributed by atoms with van der Waals surface area (Å²) in [5.41, 5.74) is 0. The van der Waals surface area contributed by atoms with Gasteiger partial charge in [0.2, 0.25) is 11.9 Å². The minimum absolute atomic E-state index is 0.0250. The third-order valence-electron chi connectivity index (χ3n) is 3.20. The van der Waals surface area contributed by atoms with E-state index in [0.717, 1.165) is 0 Å². The van der Waals surface area contributed by atoms with Gasteiger partial charge in [-0.1, -0.05) is 0 Å². The Kier molecular flexibility index (Phi) is 4.54. The van der Waals surface area contributed by atoms with Gasteiger partial charge in [0, 0.05) is 6.92 Å². The summed E-state index contributed by atoms with van der Waals surface area (Å²) in [5, 5.41) is 45.0. The summed E-state index contributed by atoms with van der Waals surface area (Å²) in [7, 11) is 0. The van der Waals surface area contributed by atoms with E-state index in [1.807, 2.05) is 0 Å². The number of hydrogen-bond donors (Lipinski definition) is 5. The number of ether oxygens (including phenoxy) is 1. The zero-order valence-corrected chi connectivity index (χ0v) is 11.5. The summed E-state index contributed by atoms with van der Waals surface area (Å²) >= 11 is 0. The van der Waals surface area contributed by atoms with Crippen molar-refractivity contribution in [2.24, 2.45) is 0 Å². The van der Waals surface area contributed by atoms with Crippen LogP contribution >= 0.6 is 0 Å². The molecule has 0 bridgehead atoms. The third-order valence-corrected chi connectivity index (χ3v) is 3.20. The predicted octanol–water partition coefficient (Wildman–Crippen LogP) is -2.48. The zero-order chi connectivity index (χ0) is 15.7. The van der Waals surface area contributed by atoms with E-state index in [2.05, 4.69) is 15.4 Å². The van der Waals surface area contributed by atoms with E-state index < -0.39 is 37.3 Å². The normalized spacial score (nSPS) is 33.0. The molecule has 1 saturated heterocycles. The van der Waals surface area contributed by atoms with Gasteiger partial charge in [0.25, 0.3) is 0 Å². The van der Waals surface area contributed by atoms with E-state index in [-0.39, 0.29) is 11.9 Å². The molecule has 0 unspecified atom stereocenters. The SMILES string of the molecule is CC(=O)Nc1nc(C)n([C@@H]2O[C@H](CO)[C@@H](O)[C@H](O)[C@H]2O)n1. The van der Waals surface area contributed by atoms with Crippen molar-refractivity contribution >= 4 is 11.9 Å². The number of aliphatic hydroxyl groups excluding tert-OH is 4. The standard InChI is InChI=1S/C11H18N4O6/c1-4-12-11(13-5(2)17)14-15(4)10-9(20)8(19)7(18)6(3-16)21-10/h6-10,16,18-20H,3H2,1-2H3,(H,13,14,17)/t6-,7-,8+,9-,10-/m1/s1. The number of carbonyl (C=O) groups excluding carboxylic acids is 1. The Morgan fingerprint density at radius 3 is 2.57 bits per heavy atom. The van der Waals surface area contributed by atoms with Crippen LogP contribution in [-0.2, 0) is 9.53 Å². The van der Waals surface area contributed by atoms with Crippen molar-refractivity contribution in [3.8, 4) is 0 Å². The molecule has 5 N–H and O–H groups in total. The van der Waals surface area contributed by atoms with Gasteiger partial charge in [-0.15, -0.1) is 5.10 Å². The second-order valence-corrected chi connectivity index (χ2v) is 4.83. The fraction of sp³-hybridized carbons (Fsp3) is 0.727. The molecule has 1 amide bonds. The molecule has 10 heteroatoms. The maximum absolute atomic E-state index is 11.0. The lowest BCUT2D eigenvalue weighted by Gasteiger charge is -2.39. The molecule has 118 valence electrons. The Morgan fingerprint density at radius 1 is 1.33 bits per heavy atom. The van der Waals surface area contributed by atoms with Crippen LogP contribution < -0.4 is 5.32 Å². The van der Waals surface area contributed by atoms with E-state index in [1.54, 1.807) is 6.92 Å². The lowest BCUT2D eigenvalue weighted by atomic mass is 9.98. The first kappa shape index (κ1) is 15.8. The maximum Gasteiger partial charge on any atom is 0.249 e. The summed E-state index contributed by atoms with van der Waals surface area (Å²) in [6, 6.07) is 0. The lowest BCUT2D eigenvalue weighted by molar-refractivity contribution is -0.254. The Bertz CT molecular complexity index is 519. The average Bonchev–Trinajstić information content (AvgIpc) is 2.76. The van der Waals surface area contributed by atoms with Crippen LogP contribution in [0.15, 0.2) is 0 Å². The Hall–Kier alpha value is -1.59. The highest BCUT2D eigenvalue weighted by molar-refractivity contribution is 5.86. The van der Waals surface area contributed by atoms with Crippen molar-refractivity contribution in [1.29, 1.82) is 0 Å². The van der Waals surface area contributed by atoms with Gasteiger partial charge in [-0.3, -0.25) is 10.1 Å². The van der Waals surface area contributed by atoms with Crippen molar-refractivity contribution in [2.75, 3.05) is 11.9 Å². The number of aliphatic hydroxyl groups is 4. The molecule has 0 saturated carbocycles. The molecule has 1 aliphatic heterocycles. The van der Waals surface area contributed by atoms with Crippen molar-refractivity contribution < 1.29 is 30.0 Å². The topological polar surface area (TPSA) is 150 Å². The summed E-state index contributed by atoms with van der Waals surface area (Å²) in [6.45, 7) is 2.33. The molecule has 1 fully saturated rings. The summed E-state index contributed by atoms with van der Waals surface area (Å²) in [4.78, 5) is 15.0. The molecule has 1 aromatic heterocycles. The van der Waals surface area contributed by atoms with E-state index >= 15 is 0 Å². The first-order chi connectivity index (χ1) is 9.85. The first-order valence-electron chi connectivity index (χ1n) is 6.36. The number of carbonyl (C=O) groups is 1. The molecule has 2 rings (SSSR count). The van der Waals surface area contributed by atoms with E-state index in [9.17, 15) is 20.1 Å². The fourth-order valence-electron chi connectivity index (χ4n) is 2.14. The van der Waals surface area contributed by atoms with Gasteiger partial charge in [-0.25, -0.2) is 4.68 Å². The van der Waals surface area contributed by atoms with Gasteiger partial charge < -0.3 is 25.2 Å². The van der Waals surface area contributed by atoms with Crippen LogP contribution in [0.3, 0.4) is 0 Å². The highest BCUT2D eigenvalue weighted by Gasteiger charge is 2.45. The van der Waals surface area contributed by atoms with E-state index in [4.69, 9.17) is 9.84 Å². The Labute approximate surface area is 120 Å². The number of rotatable bonds is 3. The van der Waals surface area contributed by atoms with Gasteiger partial charge in [-0.05, 0) is 6.92 Å². The van der Waals surface area contributed by atoms with Crippen molar-refractivity contribution in [1.82, 2.24) is 14.8 Å². The van der Waals surface area contributed by atoms with Crippen LogP contribution in [0.25, 0.3) is 0 Å². The molecule has 0 spiro atoms. The van der Waals surface area contributed by atoms with E-state index in [0.29, 0.717) is 5.82 Å². The van der Waals surface area contributed by atoms with Crippen LogP contribution in [0.2, 0.25) is 0 Å². The van der Waals surface area contributed by atoms with Crippen LogP contribution in [-0.4, -0.2) is 72.1 Å². The molecule has 5 atom stereocenters. The molecule has 10 nitrogen and oxygen atoms in total. The first-order valence-corrected chi connectivity index (χ1v) is 6.36. The number of nitrogens with zero attached hydrogens (tertiary/aromatic N) is 3. The molecular weight excluding hydrogens is 284 g/mol. The number of hydrogen-bond acceptors (Lipinski definition) is 8. The van der Waals surface area contributed by atoms with Gasteiger partial charge in [0.05, 0.1) is 6.61 Å². The van der Waals surface area contributed by atoms with Gasteiger partial charge in [0.15, 0.2) is 6.23 Å². The van der Waals surface area contributed by atoms with Crippen molar-refractivity contribution in [3.05, 3.63) is 5.82 Å². The number of nitrogens with one attached hydrogen (secondary N) is 1. The van der Waals surface area contributed by atoms with Gasteiger partial charge in [0.1, 0.15) is 30.2 Å². The van der Waals surface area contributed by atoms with Crippen LogP contribution in [0, 0.1) is 6.92 Å². The highest BCUT2D eigenvalue weighted by atomic mass is 16.6. The molecule has 1 aromatic rings. The summed E-state index contributed by atoms with van der Waals surface area (Å²) in [6.07, 6.45) is -6.60. The van der Waals surface area contributed by atoms with Crippen LogP contribution in [0.5, 0.6) is 0 Å². The number of anilines is 1. The second kappa shape index (κ2) is 6.03. The molecule has 0 radical (unpaired) electrons. The maximum atomic E-state index is 11.0.